The number of nitrogens with one attached hydrogen (secondary N) is 1. The van der Waals surface area contributed by atoms with Crippen molar-refractivity contribution in [2.45, 2.75) is 44.2 Å². The number of rotatable bonds is 8. The van der Waals surface area contributed by atoms with E-state index in [2.05, 4.69) is 24.1 Å². The van der Waals surface area contributed by atoms with Crippen LogP contribution in [-0.4, -0.2) is 36.3 Å². The predicted octanol–water partition coefficient (Wildman–Crippen LogP) is 5.11. The molecule has 1 amide bonds. The molecule has 1 N–H and O–H groups in total. The molecule has 1 atom stereocenters. The third-order valence-electron chi connectivity index (χ3n) is 5.98. The summed E-state index contributed by atoms with van der Waals surface area (Å²) in [5.41, 5.74) is 4.75. The molecule has 1 unspecified atom stereocenters. The fraction of sp³-hybridized carbons (Fsp3) is 0.296. The van der Waals surface area contributed by atoms with Gasteiger partial charge in [-0.05, 0) is 37.3 Å². The van der Waals surface area contributed by atoms with E-state index >= 15 is 0 Å². The Balaban J connectivity index is 1.55. The lowest BCUT2D eigenvalue weighted by atomic mass is 10.1. The van der Waals surface area contributed by atoms with Gasteiger partial charge in [0.05, 0.1) is 28.4 Å². The van der Waals surface area contributed by atoms with Crippen molar-refractivity contribution in [1.82, 2.24) is 19.7 Å². The Kier molecular flexibility index (Phi) is 6.28. The summed E-state index contributed by atoms with van der Waals surface area (Å²) in [5, 5.41) is 3.53. The minimum Gasteiger partial charge on any atom is -0.349 e. The summed E-state index contributed by atoms with van der Waals surface area (Å²) in [6.07, 6.45) is 6.71. The van der Waals surface area contributed by atoms with Crippen LogP contribution >= 0.6 is 0 Å². The van der Waals surface area contributed by atoms with Crippen LogP contribution in [0.3, 0.4) is 0 Å². The van der Waals surface area contributed by atoms with Crippen molar-refractivity contribution in [1.29, 1.82) is 0 Å². The van der Waals surface area contributed by atoms with Crippen LogP contribution in [0, 0.1) is 5.92 Å². The lowest BCUT2D eigenvalue weighted by Crippen LogP contribution is -2.25. The van der Waals surface area contributed by atoms with Crippen LogP contribution in [0.25, 0.3) is 28.2 Å². The van der Waals surface area contributed by atoms with Gasteiger partial charge in [0.15, 0.2) is 10.7 Å². The molecule has 0 saturated heterocycles. The van der Waals surface area contributed by atoms with Gasteiger partial charge in [0.1, 0.15) is 0 Å². The Morgan fingerprint density at radius 3 is 2.50 bits per heavy atom. The zero-order valence-corrected chi connectivity index (χ0v) is 20.2. The summed E-state index contributed by atoms with van der Waals surface area (Å²) in [4.78, 5) is 21.8. The third-order valence-corrected chi connectivity index (χ3v) is 7.29. The molecule has 1 fully saturated rings. The standard InChI is InChI=1S/C27H28N4O2S/c1-18(2)14-15-34(33)27-25-28-16-24(31(25)17-23(30-27)19-6-4-3-5-7-19)20-8-10-21(11-9-20)26(32)29-22-12-13-22/h3-11,16-18,22H,12-15H2,1-2H3,(H,29,32). The van der Waals surface area contributed by atoms with Crippen molar-refractivity contribution in [2.24, 2.45) is 5.92 Å². The molecule has 1 saturated carbocycles. The summed E-state index contributed by atoms with van der Waals surface area (Å²) in [7, 11) is -1.26. The van der Waals surface area contributed by atoms with Crippen LogP contribution in [0.1, 0.15) is 43.5 Å². The molecule has 1 aliphatic carbocycles. The molecule has 0 bridgehead atoms. The molecular weight excluding hydrogens is 444 g/mol. The van der Waals surface area contributed by atoms with E-state index in [1.165, 1.54) is 0 Å². The second kappa shape index (κ2) is 9.50. The first kappa shape index (κ1) is 22.5. The zero-order valence-electron chi connectivity index (χ0n) is 19.4. The van der Waals surface area contributed by atoms with Crippen molar-refractivity contribution in [3.8, 4) is 22.5 Å². The summed E-state index contributed by atoms with van der Waals surface area (Å²) >= 11 is 0. The molecule has 7 heteroatoms. The number of carbonyl (C=O) groups excluding carboxylic acids is 1. The van der Waals surface area contributed by atoms with E-state index in [-0.39, 0.29) is 5.91 Å². The fourth-order valence-corrected chi connectivity index (χ4v) is 5.24. The molecule has 1 aliphatic rings. The first-order valence-corrected chi connectivity index (χ1v) is 13.0. The quantitative estimate of drug-likeness (QED) is 0.387. The maximum absolute atomic E-state index is 13.3. The molecular formula is C27H28N4O2S. The molecule has 34 heavy (non-hydrogen) atoms. The number of imidazole rings is 1. The monoisotopic (exact) mass is 472 g/mol. The molecule has 2 aromatic heterocycles. The number of fused-ring (bicyclic) bond motifs is 1. The maximum Gasteiger partial charge on any atom is 0.251 e. The molecule has 4 aromatic rings. The number of nitrogens with zero attached hydrogens (tertiary/aromatic N) is 3. The third kappa shape index (κ3) is 4.80. The van der Waals surface area contributed by atoms with Gasteiger partial charge < -0.3 is 5.32 Å². The van der Waals surface area contributed by atoms with Crippen LogP contribution in [0.15, 0.2) is 72.0 Å². The molecule has 0 radical (unpaired) electrons. The first-order chi connectivity index (χ1) is 16.5. The van der Waals surface area contributed by atoms with E-state index in [0.717, 1.165) is 41.8 Å². The highest BCUT2D eigenvalue weighted by atomic mass is 32.2. The number of benzene rings is 2. The van der Waals surface area contributed by atoms with E-state index < -0.39 is 10.8 Å². The molecule has 0 aliphatic heterocycles. The van der Waals surface area contributed by atoms with E-state index in [0.29, 0.717) is 33.9 Å². The van der Waals surface area contributed by atoms with Gasteiger partial charge in [0, 0.05) is 34.7 Å². The van der Waals surface area contributed by atoms with Gasteiger partial charge in [0.2, 0.25) is 0 Å². The summed E-state index contributed by atoms with van der Waals surface area (Å²) in [6.45, 7) is 4.26. The smallest absolute Gasteiger partial charge is 0.251 e. The van der Waals surface area contributed by atoms with Crippen molar-refractivity contribution in [3.05, 3.63) is 72.6 Å². The van der Waals surface area contributed by atoms with Crippen LogP contribution < -0.4 is 5.32 Å². The highest BCUT2D eigenvalue weighted by Crippen LogP contribution is 2.28. The Hall–Kier alpha value is -3.32. The van der Waals surface area contributed by atoms with Crippen molar-refractivity contribution in [2.75, 3.05) is 5.75 Å². The Bertz CT molecular complexity index is 1340. The van der Waals surface area contributed by atoms with Gasteiger partial charge in [-0.1, -0.05) is 56.3 Å². The number of hydrogen-bond acceptors (Lipinski definition) is 4. The van der Waals surface area contributed by atoms with Crippen molar-refractivity contribution in [3.63, 3.8) is 0 Å². The second-order valence-electron chi connectivity index (χ2n) is 9.19. The number of amides is 1. The lowest BCUT2D eigenvalue weighted by molar-refractivity contribution is 0.0951. The summed E-state index contributed by atoms with van der Waals surface area (Å²) in [5.74, 6) is 0.972. The largest absolute Gasteiger partial charge is 0.349 e. The molecule has 2 heterocycles. The van der Waals surface area contributed by atoms with Gasteiger partial charge in [-0.25, -0.2) is 9.97 Å². The molecule has 6 nitrogen and oxygen atoms in total. The highest BCUT2D eigenvalue weighted by molar-refractivity contribution is 7.85. The zero-order chi connectivity index (χ0) is 23.7. The first-order valence-electron chi connectivity index (χ1n) is 11.7. The number of carbonyl (C=O) groups is 1. The Labute approximate surface area is 201 Å². The fourth-order valence-electron chi connectivity index (χ4n) is 3.80. The van der Waals surface area contributed by atoms with E-state index in [4.69, 9.17) is 4.98 Å². The minimum absolute atomic E-state index is 0.0365. The van der Waals surface area contributed by atoms with Crippen LogP contribution in [0.5, 0.6) is 0 Å². The highest BCUT2D eigenvalue weighted by Gasteiger charge is 2.24. The van der Waals surface area contributed by atoms with E-state index in [1.807, 2.05) is 65.2 Å². The van der Waals surface area contributed by atoms with Crippen molar-refractivity contribution < 1.29 is 9.00 Å². The van der Waals surface area contributed by atoms with Gasteiger partial charge in [0.25, 0.3) is 5.91 Å². The van der Waals surface area contributed by atoms with E-state index in [9.17, 15) is 9.00 Å². The SMILES string of the molecule is CC(C)CCS(=O)c1nc(-c2ccccc2)cn2c(-c3ccc(C(=O)NC4CC4)cc3)cnc12. The van der Waals surface area contributed by atoms with Crippen molar-refractivity contribution >= 4 is 22.4 Å². The topological polar surface area (TPSA) is 76.4 Å². The summed E-state index contributed by atoms with van der Waals surface area (Å²) < 4.78 is 15.2. The summed E-state index contributed by atoms with van der Waals surface area (Å²) in [6, 6.07) is 17.8. The van der Waals surface area contributed by atoms with E-state index in [1.54, 1.807) is 6.20 Å². The number of aromatic nitrogens is 3. The molecule has 5 rings (SSSR count). The Morgan fingerprint density at radius 2 is 1.82 bits per heavy atom. The van der Waals surface area contributed by atoms with Crippen LogP contribution in [0.2, 0.25) is 0 Å². The predicted molar refractivity (Wildman–Crippen MR) is 135 cm³/mol. The molecule has 0 spiro atoms. The Morgan fingerprint density at radius 1 is 1.09 bits per heavy atom. The van der Waals surface area contributed by atoms with Gasteiger partial charge in [-0.15, -0.1) is 0 Å². The maximum atomic E-state index is 13.3. The molecule has 174 valence electrons. The van der Waals surface area contributed by atoms with Gasteiger partial charge in [-0.2, -0.15) is 0 Å². The normalized spacial score (nSPS) is 14.4. The average molecular weight is 473 g/mol. The van der Waals surface area contributed by atoms with Gasteiger partial charge >= 0.3 is 0 Å². The van der Waals surface area contributed by atoms with Crippen LogP contribution in [-0.2, 0) is 10.8 Å². The second-order valence-corrected chi connectivity index (χ2v) is 10.7. The number of hydrogen-bond donors (Lipinski definition) is 1. The van der Waals surface area contributed by atoms with Crippen LogP contribution in [0.4, 0.5) is 0 Å². The lowest BCUT2D eigenvalue weighted by Gasteiger charge is -2.11. The van der Waals surface area contributed by atoms with Gasteiger partial charge in [-0.3, -0.25) is 13.4 Å². The average Bonchev–Trinajstić information content (AvgIpc) is 3.57. The molecule has 2 aromatic carbocycles. The minimum atomic E-state index is -1.26.